The van der Waals surface area contributed by atoms with Gasteiger partial charge in [-0.3, -0.25) is 4.79 Å². The molecule has 35 heavy (non-hydrogen) atoms. The Kier molecular flexibility index (Phi) is 7.34. The highest BCUT2D eigenvalue weighted by Gasteiger charge is 2.41. The van der Waals surface area contributed by atoms with Crippen LogP contribution in [-0.4, -0.2) is 40.3 Å². The second kappa shape index (κ2) is 10.4. The number of ether oxygens (including phenoxy) is 3. The first kappa shape index (κ1) is 24.6. The molecule has 3 aromatic rings. The molecule has 12 heteroatoms. The number of halogens is 3. The van der Waals surface area contributed by atoms with Crippen molar-refractivity contribution < 1.29 is 28.2 Å². The Labute approximate surface area is 207 Å². The van der Waals surface area contributed by atoms with Crippen LogP contribution in [0.4, 0.5) is 4.39 Å². The zero-order valence-electron chi connectivity index (χ0n) is 17.8. The number of esters is 2. The van der Waals surface area contributed by atoms with E-state index in [1.807, 2.05) is 0 Å². The van der Waals surface area contributed by atoms with Gasteiger partial charge < -0.3 is 19.2 Å². The third-order valence-corrected chi connectivity index (χ3v) is 5.73. The van der Waals surface area contributed by atoms with Crippen LogP contribution in [0.1, 0.15) is 33.4 Å². The summed E-state index contributed by atoms with van der Waals surface area (Å²) in [5, 5.41) is 0.853. The normalized spacial score (nSPS) is 19.3. The number of aromatic nitrogens is 2. The van der Waals surface area contributed by atoms with E-state index in [4.69, 9.17) is 37.4 Å². The van der Waals surface area contributed by atoms with Crippen LogP contribution < -0.4 is 11.2 Å². The lowest BCUT2D eigenvalue weighted by molar-refractivity contribution is -0.0592. The molecule has 0 radical (unpaired) electrons. The molecule has 2 heterocycles. The van der Waals surface area contributed by atoms with Crippen molar-refractivity contribution in [1.82, 2.24) is 9.55 Å². The molecule has 0 aliphatic carbocycles. The number of carbonyl (C=O) groups is 2. The van der Waals surface area contributed by atoms with Gasteiger partial charge in [0.05, 0.1) is 11.1 Å². The van der Waals surface area contributed by atoms with Crippen molar-refractivity contribution in [3.63, 3.8) is 0 Å². The molecule has 4 rings (SSSR count). The highest BCUT2D eigenvalue weighted by molar-refractivity contribution is 6.31. The fourth-order valence-corrected chi connectivity index (χ4v) is 3.73. The molecular weight excluding hydrogens is 506 g/mol. The maximum atomic E-state index is 13.8. The van der Waals surface area contributed by atoms with E-state index < -0.39 is 47.4 Å². The first-order valence-corrected chi connectivity index (χ1v) is 11.0. The molecule has 1 aliphatic heterocycles. The van der Waals surface area contributed by atoms with Crippen LogP contribution in [0.25, 0.3) is 0 Å². The van der Waals surface area contributed by atoms with Gasteiger partial charge in [-0.25, -0.2) is 19.0 Å². The Hall–Kier alpha value is -3.47. The van der Waals surface area contributed by atoms with E-state index in [-0.39, 0.29) is 24.2 Å². The SMILES string of the molecule is O=C(OCC1OC(n2c(=O)[nH]cc(F)c2=O)CC1OC(=O)c1ccc(Cl)cc1)c1ccc(Cl)cc1. The Balaban J connectivity index is 1.55. The van der Waals surface area contributed by atoms with Crippen molar-refractivity contribution in [3.8, 4) is 0 Å². The molecule has 1 saturated heterocycles. The van der Waals surface area contributed by atoms with Crippen molar-refractivity contribution >= 4 is 35.1 Å². The zero-order valence-corrected chi connectivity index (χ0v) is 19.3. The predicted molar refractivity (Wildman–Crippen MR) is 122 cm³/mol. The van der Waals surface area contributed by atoms with Gasteiger partial charge in [0.25, 0.3) is 5.56 Å². The molecule has 1 fully saturated rings. The van der Waals surface area contributed by atoms with E-state index in [9.17, 15) is 23.6 Å². The number of aromatic amines is 1. The summed E-state index contributed by atoms with van der Waals surface area (Å²) >= 11 is 11.7. The van der Waals surface area contributed by atoms with Gasteiger partial charge in [-0.15, -0.1) is 0 Å². The second-order valence-electron chi connectivity index (χ2n) is 7.54. The topological polar surface area (TPSA) is 117 Å². The van der Waals surface area contributed by atoms with E-state index in [2.05, 4.69) is 4.98 Å². The van der Waals surface area contributed by atoms with E-state index >= 15 is 0 Å². The van der Waals surface area contributed by atoms with Crippen LogP contribution in [0.2, 0.25) is 10.0 Å². The van der Waals surface area contributed by atoms with Crippen molar-refractivity contribution in [1.29, 1.82) is 0 Å². The number of hydrogen-bond donors (Lipinski definition) is 1. The summed E-state index contributed by atoms with van der Waals surface area (Å²) in [6.07, 6.45) is -2.89. The molecule has 3 unspecified atom stereocenters. The molecule has 1 N–H and O–H groups in total. The van der Waals surface area contributed by atoms with Crippen LogP contribution in [0, 0.1) is 5.82 Å². The number of carbonyl (C=O) groups excluding carboxylic acids is 2. The summed E-state index contributed by atoms with van der Waals surface area (Å²) in [6.45, 7) is -0.376. The third-order valence-electron chi connectivity index (χ3n) is 5.23. The Morgan fingerprint density at radius 2 is 1.57 bits per heavy atom. The molecule has 0 spiro atoms. The quantitative estimate of drug-likeness (QED) is 0.493. The van der Waals surface area contributed by atoms with Crippen molar-refractivity contribution in [2.24, 2.45) is 0 Å². The average Bonchev–Trinajstić information content (AvgIpc) is 3.23. The van der Waals surface area contributed by atoms with Gasteiger partial charge in [-0.1, -0.05) is 23.2 Å². The lowest BCUT2D eigenvalue weighted by Crippen LogP contribution is -2.39. The predicted octanol–water partition coefficient (Wildman–Crippen LogP) is 3.35. The van der Waals surface area contributed by atoms with E-state index in [0.29, 0.717) is 20.8 Å². The number of nitrogens with zero attached hydrogens (tertiary/aromatic N) is 1. The van der Waals surface area contributed by atoms with Crippen molar-refractivity contribution in [2.45, 2.75) is 24.9 Å². The lowest BCUT2D eigenvalue weighted by atomic mass is 10.1. The monoisotopic (exact) mass is 522 g/mol. The fourth-order valence-electron chi connectivity index (χ4n) is 3.48. The van der Waals surface area contributed by atoms with Crippen LogP contribution >= 0.6 is 23.2 Å². The minimum absolute atomic E-state index is 0.172. The van der Waals surface area contributed by atoms with Crippen molar-refractivity contribution in [3.05, 3.63) is 103 Å². The standard InChI is InChI=1S/C23H17Cl2FN2O7/c24-14-5-1-12(2-6-14)21(30)33-11-18-17(35-22(31)13-3-7-15(25)8-4-13)9-19(34-18)28-20(29)16(26)10-27-23(28)32/h1-8,10,17-19H,9,11H2,(H,27,32). The summed E-state index contributed by atoms with van der Waals surface area (Å²) in [5.74, 6) is -2.62. The largest absolute Gasteiger partial charge is 0.459 e. The van der Waals surface area contributed by atoms with Crippen LogP contribution in [0.5, 0.6) is 0 Å². The zero-order chi connectivity index (χ0) is 25.1. The smallest absolute Gasteiger partial charge is 0.338 e. The maximum absolute atomic E-state index is 13.8. The average molecular weight is 523 g/mol. The summed E-state index contributed by atoms with van der Waals surface area (Å²) in [5.41, 5.74) is -1.71. The number of hydrogen-bond acceptors (Lipinski definition) is 7. The molecule has 2 aromatic carbocycles. The molecule has 3 atom stereocenters. The molecular formula is C23H17Cl2FN2O7. The third kappa shape index (κ3) is 5.61. The Morgan fingerprint density at radius 1 is 1.00 bits per heavy atom. The lowest BCUT2D eigenvalue weighted by Gasteiger charge is -2.19. The molecule has 182 valence electrons. The van der Waals surface area contributed by atoms with Gasteiger partial charge in [-0.05, 0) is 48.5 Å². The van der Waals surface area contributed by atoms with Gasteiger partial charge in [0.1, 0.15) is 25.0 Å². The van der Waals surface area contributed by atoms with Gasteiger partial charge in [-0.2, -0.15) is 4.39 Å². The van der Waals surface area contributed by atoms with Crippen LogP contribution in [0.3, 0.4) is 0 Å². The number of rotatable bonds is 6. The minimum Gasteiger partial charge on any atom is -0.459 e. The first-order chi connectivity index (χ1) is 16.7. The van der Waals surface area contributed by atoms with Gasteiger partial charge >= 0.3 is 17.6 Å². The molecule has 1 aliphatic rings. The molecule has 0 saturated carbocycles. The molecule has 9 nitrogen and oxygen atoms in total. The molecule has 1 aromatic heterocycles. The Bertz CT molecular complexity index is 1360. The maximum Gasteiger partial charge on any atom is 0.338 e. The molecule has 0 amide bonds. The minimum atomic E-state index is -1.27. The van der Waals surface area contributed by atoms with Crippen LogP contribution in [-0.2, 0) is 14.2 Å². The summed E-state index contributed by atoms with van der Waals surface area (Å²) in [4.78, 5) is 51.5. The second-order valence-corrected chi connectivity index (χ2v) is 8.41. The number of H-pyrrole nitrogens is 1. The van der Waals surface area contributed by atoms with Gasteiger partial charge in [0, 0.05) is 22.7 Å². The van der Waals surface area contributed by atoms with E-state index in [1.165, 1.54) is 48.5 Å². The first-order valence-electron chi connectivity index (χ1n) is 10.3. The summed E-state index contributed by atoms with van der Waals surface area (Å²) in [6, 6.07) is 11.9. The van der Waals surface area contributed by atoms with E-state index in [1.54, 1.807) is 0 Å². The number of benzene rings is 2. The summed E-state index contributed by atoms with van der Waals surface area (Å²) in [7, 11) is 0. The highest BCUT2D eigenvalue weighted by Crippen LogP contribution is 2.30. The molecule has 0 bridgehead atoms. The van der Waals surface area contributed by atoms with Crippen molar-refractivity contribution in [2.75, 3.05) is 6.61 Å². The highest BCUT2D eigenvalue weighted by atomic mass is 35.5. The van der Waals surface area contributed by atoms with Gasteiger partial charge in [0.2, 0.25) is 5.82 Å². The fraction of sp³-hybridized carbons (Fsp3) is 0.217. The number of nitrogens with one attached hydrogen (secondary N) is 1. The van der Waals surface area contributed by atoms with E-state index in [0.717, 1.165) is 0 Å². The van der Waals surface area contributed by atoms with Gasteiger partial charge in [0.15, 0.2) is 0 Å². The Morgan fingerprint density at radius 3 is 2.17 bits per heavy atom. The van der Waals surface area contributed by atoms with Crippen LogP contribution in [0.15, 0.2) is 64.3 Å². The summed E-state index contributed by atoms with van der Waals surface area (Å²) < 4.78 is 30.9.